The number of fused-ring (bicyclic) bond motifs is 1. The van der Waals surface area contributed by atoms with Gasteiger partial charge in [0.05, 0.1) is 17.3 Å². The Kier molecular flexibility index (Phi) is 6.14. The second-order valence-electron chi connectivity index (χ2n) is 6.64. The fourth-order valence-corrected chi connectivity index (χ4v) is 3.06. The van der Waals surface area contributed by atoms with Crippen LogP contribution in [0.5, 0.6) is 0 Å². The molecule has 0 radical (unpaired) electrons. The average Bonchev–Trinajstić information content (AvgIpc) is 3.19. The van der Waals surface area contributed by atoms with E-state index in [1.165, 1.54) is 12.1 Å². The van der Waals surface area contributed by atoms with Crippen molar-refractivity contribution in [1.29, 1.82) is 0 Å². The molecule has 0 saturated carbocycles. The lowest BCUT2D eigenvalue weighted by Crippen LogP contribution is -2.10. The zero-order chi connectivity index (χ0) is 20.8. The first-order valence-corrected chi connectivity index (χ1v) is 9.90. The van der Waals surface area contributed by atoms with E-state index < -0.39 is 0 Å². The molecule has 30 heavy (non-hydrogen) atoms. The fourth-order valence-electron chi connectivity index (χ4n) is 3.06. The molecular weight excluding hydrogens is 383 g/mol. The van der Waals surface area contributed by atoms with Gasteiger partial charge in [0, 0.05) is 25.4 Å². The van der Waals surface area contributed by atoms with Crippen molar-refractivity contribution >= 4 is 28.5 Å². The molecule has 2 aromatic heterocycles. The van der Waals surface area contributed by atoms with Crippen LogP contribution in [0.2, 0.25) is 0 Å². The van der Waals surface area contributed by atoms with Crippen LogP contribution >= 0.6 is 0 Å². The number of nitrogens with one attached hydrogen (secondary N) is 2. The van der Waals surface area contributed by atoms with Crippen molar-refractivity contribution in [3.8, 4) is 5.69 Å². The molecule has 0 aliphatic rings. The maximum Gasteiger partial charge on any atom is 0.226 e. The molecule has 0 atom stereocenters. The molecule has 0 fully saturated rings. The van der Waals surface area contributed by atoms with Crippen LogP contribution < -0.4 is 10.6 Å². The van der Waals surface area contributed by atoms with Gasteiger partial charge in [-0.15, -0.1) is 0 Å². The van der Waals surface area contributed by atoms with E-state index in [1.54, 1.807) is 23.0 Å². The van der Waals surface area contributed by atoms with Crippen LogP contribution in [0.4, 0.5) is 21.8 Å². The van der Waals surface area contributed by atoms with Gasteiger partial charge in [-0.1, -0.05) is 24.3 Å². The number of rotatable bonds is 9. The quantitative estimate of drug-likeness (QED) is 0.398. The molecule has 0 bridgehead atoms. The van der Waals surface area contributed by atoms with Gasteiger partial charge in [0.25, 0.3) is 0 Å². The topological polar surface area (TPSA) is 76.9 Å². The Balaban J connectivity index is 1.70. The Morgan fingerprint density at radius 2 is 1.93 bits per heavy atom. The Bertz CT molecular complexity index is 1120. The first-order chi connectivity index (χ1) is 14.7. The molecule has 0 aliphatic carbocycles. The monoisotopic (exact) mass is 406 g/mol. The van der Waals surface area contributed by atoms with Gasteiger partial charge in [-0.3, -0.25) is 0 Å². The van der Waals surface area contributed by atoms with E-state index in [-0.39, 0.29) is 5.82 Å². The van der Waals surface area contributed by atoms with Crippen LogP contribution in [0.3, 0.4) is 0 Å². The van der Waals surface area contributed by atoms with Gasteiger partial charge in [0.2, 0.25) is 5.95 Å². The van der Waals surface area contributed by atoms with Crippen molar-refractivity contribution in [1.82, 2.24) is 19.7 Å². The molecule has 7 nitrogen and oxygen atoms in total. The molecule has 0 aliphatic heterocycles. The highest BCUT2D eigenvalue weighted by molar-refractivity contribution is 5.90. The van der Waals surface area contributed by atoms with Crippen molar-refractivity contribution in [3.63, 3.8) is 0 Å². The minimum Gasteiger partial charge on any atom is -0.382 e. The third-order valence-corrected chi connectivity index (χ3v) is 4.47. The lowest BCUT2D eigenvalue weighted by atomic mass is 10.3. The van der Waals surface area contributed by atoms with Gasteiger partial charge in [-0.05, 0) is 43.7 Å². The minimum atomic E-state index is -0.320. The molecule has 0 amide bonds. The third-order valence-electron chi connectivity index (χ3n) is 4.47. The van der Waals surface area contributed by atoms with Gasteiger partial charge in [0.1, 0.15) is 11.6 Å². The molecule has 0 unspecified atom stereocenters. The van der Waals surface area contributed by atoms with Crippen LogP contribution in [0.1, 0.15) is 13.3 Å². The number of ether oxygens (including phenoxy) is 1. The summed E-state index contributed by atoms with van der Waals surface area (Å²) in [5, 5.41) is 11.7. The van der Waals surface area contributed by atoms with E-state index in [9.17, 15) is 4.39 Å². The zero-order valence-corrected chi connectivity index (χ0v) is 16.7. The minimum absolute atomic E-state index is 0.320. The van der Waals surface area contributed by atoms with Crippen molar-refractivity contribution in [2.24, 2.45) is 0 Å². The van der Waals surface area contributed by atoms with Crippen molar-refractivity contribution in [3.05, 3.63) is 66.6 Å². The van der Waals surface area contributed by atoms with Crippen LogP contribution in [-0.4, -0.2) is 39.5 Å². The molecule has 2 N–H and O–H groups in total. The number of halogens is 1. The number of hydrogen-bond donors (Lipinski definition) is 2. The summed E-state index contributed by atoms with van der Waals surface area (Å²) in [6.07, 6.45) is 2.54. The van der Waals surface area contributed by atoms with Gasteiger partial charge in [0.15, 0.2) is 5.65 Å². The molecular formula is C22H23FN6O. The molecule has 8 heteroatoms. The Hall–Kier alpha value is -3.52. The number of benzene rings is 2. The summed E-state index contributed by atoms with van der Waals surface area (Å²) in [7, 11) is 0. The van der Waals surface area contributed by atoms with Gasteiger partial charge in [-0.2, -0.15) is 15.1 Å². The van der Waals surface area contributed by atoms with Crippen LogP contribution in [0, 0.1) is 5.82 Å². The Morgan fingerprint density at radius 3 is 2.73 bits per heavy atom. The fraction of sp³-hybridized carbons (Fsp3) is 0.227. The summed E-state index contributed by atoms with van der Waals surface area (Å²) in [6.45, 7) is 4.01. The predicted molar refractivity (Wildman–Crippen MR) is 116 cm³/mol. The number of hydrogen-bond acceptors (Lipinski definition) is 6. The second-order valence-corrected chi connectivity index (χ2v) is 6.64. The first-order valence-electron chi connectivity index (χ1n) is 9.90. The van der Waals surface area contributed by atoms with E-state index in [0.717, 1.165) is 17.5 Å². The van der Waals surface area contributed by atoms with E-state index in [2.05, 4.69) is 25.7 Å². The number of nitrogens with zero attached hydrogens (tertiary/aromatic N) is 4. The summed E-state index contributed by atoms with van der Waals surface area (Å²) in [5.41, 5.74) is 2.15. The highest BCUT2D eigenvalue weighted by Gasteiger charge is 2.14. The summed E-state index contributed by atoms with van der Waals surface area (Å²) in [4.78, 5) is 9.27. The number of anilines is 3. The maximum atomic E-state index is 13.6. The second kappa shape index (κ2) is 9.32. The largest absolute Gasteiger partial charge is 0.382 e. The van der Waals surface area contributed by atoms with Crippen LogP contribution in [0.25, 0.3) is 16.7 Å². The molecule has 0 spiro atoms. The van der Waals surface area contributed by atoms with Crippen molar-refractivity contribution in [2.45, 2.75) is 13.3 Å². The lowest BCUT2D eigenvalue weighted by molar-refractivity contribution is 0.147. The van der Waals surface area contributed by atoms with Gasteiger partial charge >= 0.3 is 0 Å². The third kappa shape index (κ3) is 4.55. The Morgan fingerprint density at radius 1 is 1.07 bits per heavy atom. The summed E-state index contributed by atoms with van der Waals surface area (Å²) in [6, 6.07) is 16.0. The summed E-state index contributed by atoms with van der Waals surface area (Å²) >= 11 is 0. The smallest absolute Gasteiger partial charge is 0.226 e. The molecule has 154 valence electrons. The highest BCUT2D eigenvalue weighted by atomic mass is 19.1. The average molecular weight is 406 g/mol. The molecule has 2 aromatic carbocycles. The zero-order valence-electron chi connectivity index (χ0n) is 16.7. The number of aromatic nitrogens is 4. The molecule has 4 aromatic rings. The van der Waals surface area contributed by atoms with E-state index >= 15 is 0 Å². The van der Waals surface area contributed by atoms with Crippen molar-refractivity contribution in [2.75, 3.05) is 30.4 Å². The van der Waals surface area contributed by atoms with E-state index in [4.69, 9.17) is 4.74 Å². The number of para-hydroxylation sites is 1. The molecule has 4 rings (SSSR count). The SMILES string of the molecule is CCOCCCNc1nc(Nc2cccc(F)c2)c2cnn(-c3ccccc3)c2n1. The maximum absolute atomic E-state index is 13.6. The van der Waals surface area contributed by atoms with Gasteiger partial charge < -0.3 is 15.4 Å². The van der Waals surface area contributed by atoms with Crippen LogP contribution in [-0.2, 0) is 4.74 Å². The first kappa shape index (κ1) is 19.8. The van der Waals surface area contributed by atoms with Crippen molar-refractivity contribution < 1.29 is 9.13 Å². The van der Waals surface area contributed by atoms with E-state index in [0.29, 0.717) is 42.9 Å². The highest BCUT2D eigenvalue weighted by Crippen LogP contribution is 2.27. The normalized spacial score (nSPS) is 11.0. The summed E-state index contributed by atoms with van der Waals surface area (Å²) < 4.78 is 20.8. The standard InChI is InChI=1S/C22H23FN6O/c1-2-30-13-7-12-24-22-27-20(26-17-9-6-8-16(23)14-17)19-15-25-29(21(19)28-22)18-10-4-3-5-11-18/h3-6,8-11,14-15H,2,7,12-13H2,1H3,(H2,24,26,27,28). The molecule has 2 heterocycles. The Labute approximate surface area is 173 Å². The van der Waals surface area contributed by atoms with Gasteiger partial charge in [-0.25, -0.2) is 9.07 Å². The summed E-state index contributed by atoms with van der Waals surface area (Å²) in [5.74, 6) is 0.704. The predicted octanol–water partition coefficient (Wildman–Crippen LogP) is 4.54. The lowest BCUT2D eigenvalue weighted by Gasteiger charge is -2.11. The molecule has 0 saturated heterocycles. The van der Waals surface area contributed by atoms with Crippen LogP contribution in [0.15, 0.2) is 60.8 Å². The van der Waals surface area contributed by atoms with E-state index in [1.807, 2.05) is 37.3 Å².